The van der Waals surface area contributed by atoms with Gasteiger partial charge in [-0.2, -0.15) is 0 Å². The Morgan fingerprint density at radius 1 is 1.12 bits per heavy atom. The lowest BCUT2D eigenvalue weighted by molar-refractivity contribution is -0.138. The van der Waals surface area contributed by atoms with E-state index in [1.54, 1.807) is 11.9 Å². The Labute approximate surface area is 175 Å². The monoisotopic (exact) mass is 480 g/mol. The molecule has 2 fully saturated rings. The smallest absolute Gasteiger partial charge is 0.230 e. The van der Waals surface area contributed by atoms with Gasteiger partial charge < -0.3 is 20.6 Å². The number of amides is 1. The molecule has 2 rings (SSSR count). The lowest BCUT2D eigenvalue weighted by Gasteiger charge is -2.39. The zero-order chi connectivity index (χ0) is 18.5. The molecule has 0 radical (unpaired) electrons. The molecule has 26 heavy (non-hydrogen) atoms. The second-order valence-corrected chi connectivity index (χ2v) is 8.38. The van der Waals surface area contributed by atoms with Crippen molar-refractivity contribution in [3.8, 4) is 0 Å². The van der Waals surface area contributed by atoms with Crippen LogP contribution in [0.15, 0.2) is 4.99 Å². The minimum atomic E-state index is -0.310. The van der Waals surface area contributed by atoms with Crippen LogP contribution in [0.3, 0.4) is 0 Å². The Morgan fingerprint density at radius 3 is 2.23 bits per heavy atom. The first kappa shape index (κ1) is 23.5. The lowest BCUT2D eigenvalue weighted by Crippen LogP contribution is -2.52. The molecule has 1 amide bonds. The van der Waals surface area contributed by atoms with Crippen molar-refractivity contribution in [1.82, 2.24) is 15.5 Å². The van der Waals surface area contributed by atoms with E-state index in [2.05, 4.69) is 22.5 Å². The van der Waals surface area contributed by atoms with E-state index in [-0.39, 0.29) is 46.8 Å². The number of hydrogen-bond donors (Lipinski definition) is 3. The molecule has 3 N–H and O–H groups in total. The highest BCUT2D eigenvalue weighted by molar-refractivity contribution is 14.0. The van der Waals surface area contributed by atoms with E-state index >= 15 is 0 Å². The average molecular weight is 480 g/mol. The summed E-state index contributed by atoms with van der Waals surface area (Å²) in [7, 11) is 5.42. The van der Waals surface area contributed by atoms with Crippen molar-refractivity contribution in [2.24, 2.45) is 15.8 Å². The summed E-state index contributed by atoms with van der Waals surface area (Å²) in [4.78, 5) is 18.7. The van der Waals surface area contributed by atoms with Gasteiger partial charge in [0.2, 0.25) is 5.91 Å². The number of aliphatic hydroxyl groups excluding tert-OH is 1. The standard InChI is InChI=1S/C19H36N4O2.HI/c1-18(10-6-5-9-15(18)24)13-21-17(20-2)22-14-19(11-7-8-12-19)16(25)23(3)4;/h15,24H,5-14H2,1-4H3,(H2,20,21,22);1H. The van der Waals surface area contributed by atoms with E-state index in [1.165, 1.54) is 6.42 Å². The molecule has 0 saturated heterocycles. The second kappa shape index (κ2) is 10.1. The van der Waals surface area contributed by atoms with Gasteiger partial charge in [0.1, 0.15) is 0 Å². The number of halogens is 1. The minimum absolute atomic E-state index is 0. The SMILES string of the molecule is CN=C(NCC1(C(=O)N(C)C)CCCC1)NCC1(C)CCCCC1O.I. The molecule has 2 saturated carbocycles. The summed E-state index contributed by atoms with van der Waals surface area (Å²) in [6.07, 6.45) is 8.01. The number of nitrogens with zero attached hydrogens (tertiary/aromatic N) is 2. The molecule has 2 unspecified atom stereocenters. The van der Waals surface area contributed by atoms with E-state index in [4.69, 9.17) is 0 Å². The maximum Gasteiger partial charge on any atom is 0.230 e. The summed E-state index contributed by atoms with van der Waals surface area (Å²) in [5, 5.41) is 17.1. The summed E-state index contributed by atoms with van der Waals surface area (Å²) in [5.74, 6) is 0.930. The van der Waals surface area contributed by atoms with E-state index < -0.39 is 0 Å². The first-order valence-electron chi connectivity index (χ1n) is 9.67. The molecule has 2 aliphatic rings. The number of aliphatic hydroxyl groups is 1. The van der Waals surface area contributed by atoms with Crippen LogP contribution in [0.1, 0.15) is 58.3 Å². The fourth-order valence-corrected chi connectivity index (χ4v) is 4.34. The van der Waals surface area contributed by atoms with Gasteiger partial charge in [-0.1, -0.05) is 32.6 Å². The van der Waals surface area contributed by atoms with Gasteiger partial charge in [0.25, 0.3) is 0 Å². The largest absolute Gasteiger partial charge is 0.392 e. The van der Waals surface area contributed by atoms with Crippen LogP contribution in [0.5, 0.6) is 0 Å². The highest BCUT2D eigenvalue weighted by Gasteiger charge is 2.42. The fourth-order valence-electron chi connectivity index (χ4n) is 4.34. The number of guanidine groups is 1. The first-order valence-corrected chi connectivity index (χ1v) is 9.67. The number of aliphatic imine (C=N–C) groups is 1. The van der Waals surface area contributed by atoms with Crippen molar-refractivity contribution in [2.45, 2.75) is 64.4 Å². The normalized spacial score (nSPS) is 28.2. The number of carbonyl (C=O) groups is 1. The van der Waals surface area contributed by atoms with Crippen molar-refractivity contribution >= 4 is 35.8 Å². The molecule has 2 aliphatic carbocycles. The third-order valence-electron chi connectivity index (χ3n) is 6.18. The third-order valence-corrected chi connectivity index (χ3v) is 6.18. The molecular weight excluding hydrogens is 443 g/mol. The molecule has 0 bridgehead atoms. The summed E-state index contributed by atoms with van der Waals surface area (Å²) >= 11 is 0. The number of rotatable bonds is 5. The van der Waals surface area contributed by atoms with Gasteiger partial charge in [-0.05, 0) is 25.7 Å². The lowest BCUT2D eigenvalue weighted by atomic mass is 9.73. The number of nitrogens with one attached hydrogen (secondary N) is 2. The van der Waals surface area contributed by atoms with Crippen molar-refractivity contribution in [1.29, 1.82) is 0 Å². The van der Waals surface area contributed by atoms with Crippen LogP contribution >= 0.6 is 24.0 Å². The van der Waals surface area contributed by atoms with Crippen LogP contribution in [0.2, 0.25) is 0 Å². The summed E-state index contributed by atoms with van der Waals surface area (Å²) in [5.41, 5.74) is -0.421. The van der Waals surface area contributed by atoms with Crippen LogP contribution in [-0.4, -0.2) is 62.2 Å². The molecule has 152 valence electrons. The highest BCUT2D eigenvalue weighted by Crippen LogP contribution is 2.39. The van der Waals surface area contributed by atoms with Crippen molar-refractivity contribution in [2.75, 3.05) is 34.2 Å². The van der Waals surface area contributed by atoms with Gasteiger partial charge in [0, 0.05) is 39.6 Å². The predicted octanol–water partition coefficient (Wildman–Crippen LogP) is 2.36. The van der Waals surface area contributed by atoms with Crippen LogP contribution in [0.25, 0.3) is 0 Å². The minimum Gasteiger partial charge on any atom is -0.392 e. The quantitative estimate of drug-likeness (QED) is 0.321. The zero-order valence-corrected chi connectivity index (χ0v) is 19.1. The molecule has 0 heterocycles. The Bertz CT molecular complexity index is 492. The van der Waals surface area contributed by atoms with Gasteiger partial charge in [-0.3, -0.25) is 9.79 Å². The van der Waals surface area contributed by atoms with E-state index in [0.717, 1.165) is 50.9 Å². The maximum absolute atomic E-state index is 12.7. The van der Waals surface area contributed by atoms with E-state index in [1.807, 2.05) is 14.1 Å². The van der Waals surface area contributed by atoms with Crippen molar-refractivity contribution < 1.29 is 9.90 Å². The third kappa shape index (κ3) is 5.47. The number of carbonyl (C=O) groups excluding carboxylic acids is 1. The van der Waals surface area contributed by atoms with E-state index in [9.17, 15) is 9.90 Å². The molecule has 0 aromatic heterocycles. The van der Waals surface area contributed by atoms with Gasteiger partial charge in [0.15, 0.2) is 5.96 Å². The Hall–Kier alpha value is -0.570. The summed E-state index contributed by atoms with van der Waals surface area (Å²) in [6.45, 7) is 3.45. The molecule has 0 aromatic rings. The van der Waals surface area contributed by atoms with Crippen molar-refractivity contribution in [3.63, 3.8) is 0 Å². The van der Waals surface area contributed by atoms with Gasteiger partial charge in [-0.25, -0.2) is 0 Å². The maximum atomic E-state index is 12.7. The Balaban J connectivity index is 0.00000338. The molecule has 0 aromatic carbocycles. The highest BCUT2D eigenvalue weighted by atomic mass is 127. The van der Waals surface area contributed by atoms with Crippen LogP contribution < -0.4 is 10.6 Å². The topological polar surface area (TPSA) is 77.0 Å². The molecule has 6 nitrogen and oxygen atoms in total. The fraction of sp³-hybridized carbons (Fsp3) is 0.895. The van der Waals surface area contributed by atoms with Crippen molar-refractivity contribution in [3.05, 3.63) is 0 Å². The van der Waals surface area contributed by atoms with Crippen LogP contribution in [0, 0.1) is 10.8 Å². The number of hydrogen-bond acceptors (Lipinski definition) is 3. The Kier molecular flexibility index (Phi) is 9.12. The molecule has 2 atom stereocenters. The molecule has 0 aliphatic heterocycles. The predicted molar refractivity (Wildman–Crippen MR) is 117 cm³/mol. The molecular formula is C19H37IN4O2. The molecule has 7 heteroatoms. The second-order valence-electron chi connectivity index (χ2n) is 8.38. The summed E-state index contributed by atoms with van der Waals surface area (Å²) in [6, 6.07) is 0. The molecule has 0 spiro atoms. The first-order chi connectivity index (χ1) is 11.8. The summed E-state index contributed by atoms with van der Waals surface area (Å²) < 4.78 is 0. The van der Waals surface area contributed by atoms with Gasteiger partial charge >= 0.3 is 0 Å². The Morgan fingerprint density at radius 2 is 1.69 bits per heavy atom. The average Bonchev–Trinajstić information content (AvgIpc) is 3.07. The van der Waals surface area contributed by atoms with E-state index in [0.29, 0.717) is 13.1 Å². The van der Waals surface area contributed by atoms with Crippen LogP contribution in [-0.2, 0) is 4.79 Å². The van der Waals surface area contributed by atoms with Crippen LogP contribution in [0.4, 0.5) is 0 Å². The van der Waals surface area contributed by atoms with Gasteiger partial charge in [-0.15, -0.1) is 24.0 Å². The van der Waals surface area contributed by atoms with Gasteiger partial charge in [0.05, 0.1) is 11.5 Å². The zero-order valence-electron chi connectivity index (χ0n) is 16.8.